The minimum absolute atomic E-state index is 0.197. The summed E-state index contributed by atoms with van der Waals surface area (Å²) >= 11 is 0. The number of hydrogen-bond donors (Lipinski definition) is 0. The van der Waals surface area contributed by atoms with Crippen molar-refractivity contribution in [2.24, 2.45) is 0 Å². The van der Waals surface area contributed by atoms with Crippen LogP contribution in [0.3, 0.4) is 0 Å². The maximum absolute atomic E-state index is 10.8. The molecule has 0 aliphatic carbocycles. The molecule has 0 aromatic carbocycles. The first-order valence-electron chi connectivity index (χ1n) is 15.1. The van der Waals surface area contributed by atoms with Crippen LogP contribution in [0.1, 0.15) is 0 Å². The van der Waals surface area contributed by atoms with E-state index in [4.69, 9.17) is 61.6 Å². The minimum Gasteiger partial charge on any atom is -0.460 e. The zero-order chi connectivity index (χ0) is 31.9. The van der Waals surface area contributed by atoms with Crippen LogP contribution in [0.5, 0.6) is 0 Å². The Morgan fingerprint density at radius 3 is 0.750 bits per heavy atom. The van der Waals surface area contributed by atoms with E-state index in [1.807, 2.05) is 0 Å². The molecule has 0 aromatic heterocycles. The number of carbonyl (C=O) groups excluding carboxylic acids is 1. The van der Waals surface area contributed by atoms with E-state index in [1.165, 1.54) is 0 Å². The second-order valence-corrected chi connectivity index (χ2v) is 8.47. The summed E-state index contributed by atoms with van der Waals surface area (Å²) in [6.45, 7) is 18.9. The van der Waals surface area contributed by atoms with Crippen LogP contribution < -0.4 is 0 Å². The first kappa shape index (κ1) is 42.5. The van der Waals surface area contributed by atoms with Crippen molar-refractivity contribution in [3.63, 3.8) is 0 Å². The lowest BCUT2D eigenvalue weighted by molar-refractivity contribution is -0.139. The van der Waals surface area contributed by atoms with Gasteiger partial charge in [-0.15, -0.1) is 6.58 Å². The lowest BCUT2D eigenvalue weighted by Crippen LogP contribution is -2.15. The molecule has 0 saturated carbocycles. The molecule has 14 nitrogen and oxygen atoms in total. The molecule has 0 fully saturated rings. The predicted molar refractivity (Wildman–Crippen MR) is 161 cm³/mol. The van der Waals surface area contributed by atoms with Crippen LogP contribution in [0.25, 0.3) is 0 Å². The Kier molecular flexibility index (Phi) is 38.1. The number of carbonyl (C=O) groups is 1. The first-order chi connectivity index (χ1) is 21.8. The highest BCUT2D eigenvalue weighted by Gasteiger charge is 1.97. The number of rotatable bonds is 39. The fourth-order valence-electron chi connectivity index (χ4n) is 2.85. The van der Waals surface area contributed by atoms with Gasteiger partial charge in [0.25, 0.3) is 0 Å². The molecule has 0 amide bonds. The van der Waals surface area contributed by atoms with Crippen molar-refractivity contribution in [2.75, 3.05) is 165 Å². The van der Waals surface area contributed by atoms with Crippen LogP contribution in [-0.2, 0) is 66.4 Å². The molecule has 260 valence electrons. The minimum atomic E-state index is -0.460. The summed E-state index contributed by atoms with van der Waals surface area (Å²) in [6.07, 6.45) is 2.82. The van der Waals surface area contributed by atoms with E-state index >= 15 is 0 Å². The maximum Gasteiger partial charge on any atom is 0.330 e. The summed E-state index contributed by atoms with van der Waals surface area (Å²) in [5, 5.41) is 0. The summed E-state index contributed by atoms with van der Waals surface area (Å²) in [5.41, 5.74) is 0. The summed E-state index contributed by atoms with van der Waals surface area (Å²) in [5.74, 6) is -0.460. The zero-order valence-corrected chi connectivity index (χ0v) is 26.5. The third-order valence-electron chi connectivity index (χ3n) is 4.97. The average molecular weight is 641 g/mol. The molecule has 0 aliphatic rings. The number of esters is 1. The highest BCUT2D eigenvalue weighted by molar-refractivity contribution is 5.81. The zero-order valence-electron chi connectivity index (χ0n) is 26.5. The van der Waals surface area contributed by atoms with Gasteiger partial charge < -0.3 is 61.6 Å². The largest absolute Gasteiger partial charge is 0.460 e. The van der Waals surface area contributed by atoms with Crippen LogP contribution in [0.2, 0.25) is 0 Å². The molecule has 0 heterocycles. The Labute approximate surface area is 263 Å². The fraction of sp³-hybridized carbons (Fsp3) is 0.833. The molecule has 0 radical (unpaired) electrons. The smallest absolute Gasteiger partial charge is 0.330 e. The Balaban J connectivity index is 3.05. The second kappa shape index (κ2) is 39.5. The van der Waals surface area contributed by atoms with Gasteiger partial charge >= 0.3 is 5.97 Å². The van der Waals surface area contributed by atoms with E-state index in [1.54, 1.807) is 6.08 Å². The van der Waals surface area contributed by atoms with E-state index < -0.39 is 5.97 Å². The van der Waals surface area contributed by atoms with Gasteiger partial charge in [0.15, 0.2) is 0 Å². The fourth-order valence-corrected chi connectivity index (χ4v) is 2.85. The summed E-state index contributed by atoms with van der Waals surface area (Å²) in [4.78, 5) is 10.8. The second-order valence-electron chi connectivity index (χ2n) is 8.47. The van der Waals surface area contributed by atoms with Crippen LogP contribution in [0.15, 0.2) is 25.3 Å². The molecule has 0 bridgehead atoms. The van der Waals surface area contributed by atoms with Crippen LogP contribution in [0.4, 0.5) is 0 Å². The van der Waals surface area contributed by atoms with Crippen molar-refractivity contribution < 1.29 is 66.4 Å². The topological polar surface area (TPSA) is 137 Å². The molecule has 0 N–H and O–H groups in total. The van der Waals surface area contributed by atoms with E-state index in [-0.39, 0.29) is 6.61 Å². The van der Waals surface area contributed by atoms with Crippen molar-refractivity contribution in [2.45, 2.75) is 0 Å². The standard InChI is InChI=1S/C30H56O14/c1-3-5-32-6-7-33-8-9-34-10-11-35-12-13-36-14-15-37-16-17-38-18-19-39-20-21-40-22-23-41-24-25-42-26-27-43-28-29-44-30(31)4-2/h3-4H,1-2,5-29H2. The predicted octanol–water partition coefficient (Wildman–Crippen LogP) is 1.10. The average Bonchev–Trinajstić information content (AvgIpc) is 3.04. The molecule has 44 heavy (non-hydrogen) atoms. The Hall–Kier alpha value is -1.53. The van der Waals surface area contributed by atoms with Gasteiger partial charge in [-0.05, 0) is 0 Å². The van der Waals surface area contributed by atoms with Crippen molar-refractivity contribution >= 4 is 5.97 Å². The van der Waals surface area contributed by atoms with Crippen molar-refractivity contribution in [3.8, 4) is 0 Å². The molecule has 0 unspecified atom stereocenters. The maximum atomic E-state index is 10.8. The van der Waals surface area contributed by atoms with Gasteiger partial charge in [0.05, 0.1) is 159 Å². The highest BCUT2D eigenvalue weighted by atomic mass is 16.6. The third-order valence-corrected chi connectivity index (χ3v) is 4.97. The lowest BCUT2D eigenvalue weighted by atomic mass is 10.6. The van der Waals surface area contributed by atoms with Crippen molar-refractivity contribution in [3.05, 3.63) is 25.3 Å². The van der Waals surface area contributed by atoms with Crippen molar-refractivity contribution in [1.82, 2.24) is 0 Å². The normalized spacial score (nSPS) is 11.2. The summed E-state index contributed by atoms with van der Waals surface area (Å²) < 4.78 is 69.6. The highest BCUT2D eigenvalue weighted by Crippen LogP contribution is 1.88. The number of hydrogen-bond acceptors (Lipinski definition) is 14. The van der Waals surface area contributed by atoms with Gasteiger partial charge in [0.2, 0.25) is 0 Å². The van der Waals surface area contributed by atoms with E-state index in [9.17, 15) is 4.79 Å². The third kappa shape index (κ3) is 38.5. The molecule has 0 spiro atoms. The molecule has 0 aromatic rings. The van der Waals surface area contributed by atoms with Crippen LogP contribution >= 0.6 is 0 Å². The summed E-state index contributed by atoms with van der Waals surface area (Å²) in [7, 11) is 0. The van der Waals surface area contributed by atoms with Gasteiger partial charge in [0, 0.05) is 6.08 Å². The van der Waals surface area contributed by atoms with Gasteiger partial charge in [0.1, 0.15) is 6.61 Å². The lowest BCUT2D eigenvalue weighted by Gasteiger charge is -2.09. The van der Waals surface area contributed by atoms with Crippen LogP contribution in [-0.4, -0.2) is 171 Å². The molecular weight excluding hydrogens is 584 g/mol. The number of ether oxygens (including phenoxy) is 13. The molecule has 0 rings (SSSR count). The van der Waals surface area contributed by atoms with Gasteiger partial charge in [-0.3, -0.25) is 0 Å². The van der Waals surface area contributed by atoms with E-state index in [0.717, 1.165) is 6.08 Å². The Bertz CT molecular complexity index is 596. The SMILES string of the molecule is C=CCOCCOCCOCCOCCOCCOCCOCCOCCOCCOCCOCCOCCOC(=O)C=C. The molecule has 14 heteroatoms. The van der Waals surface area contributed by atoms with Crippen LogP contribution in [0, 0.1) is 0 Å². The van der Waals surface area contributed by atoms with Gasteiger partial charge in [-0.25, -0.2) is 4.79 Å². The van der Waals surface area contributed by atoms with E-state index in [0.29, 0.717) is 159 Å². The molecular formula is C30H56O14. The summed E-state index contributed by atoms with van der Waals surface area (Å²) in [6, 6.07) is 0. The molecule has 0 saturated heterocycles. The van der Waals surface area contributed by atoms with Gasteiger partial charge in [-0.2, -0.15) is 0 Å². The van der Waals surface area contributed by atoms with Crippen molar-refractivity contribution in [1.29, 1.82) is 0 Å². The van der Waals surface area contributed by atoms with E-state index in [2.05, 4.69) is 13.2 Å². The molecule has 0 aliphatic heterocycles. The van der Waals surface area contributed by atoms with Gasteiger partial charge in [-0.1, -0.05) is 12.7 Å². The first-order valence-corrected chi connectivity index (χ1v) is 15.1. The Morgan fingerprint density at radius 1 is 0.341 bits per heavy atom. The Morgan fingerprint density at radius 2 is 0.545 bits per heavy atom. The monoisotopic (exact) mass is 640 g/mol. The quantitative estimate of drug-likeness (QED) is 0.0410. The molecule has 0 atom stereocenters.